The first kappa shape index (κ1) is 20.1. The number of carbonyl (C=O) groups excluding carboxylic acids is 1. The molecule has 2 aromatic rings. The van der Waals surface area contributed by atoms with Gasteiger partial charge in [-0.15, -0.1) is 11.3 Å². The van der Waals surface area contributed by atoms with Crippen LogP contribution in [-0.4, -0.2) is 38.0 Å². The van der Waals surface area contributed by atoms with Gasteiger partial charge in [0.2, 0.25) is 5.91 Å². The average molecular weight is 396 g/mol. The van der Waals surface area contributed by atoms with Crippen molar-refractivity contribution in [3.63, 3.8) is 0 Å². The predicted octanol–water partition coefficient (Wildman–Crippen LogP) is 1.47. The van der Waals surface area contributed by atoms with E-state index >= 15 is 0 Å². The van der Waals surface area contributed by atoms with Crippen molar-refractivity contribution in [2.75, 3.05) is 6.54 Å². The van der Waals surface area contributed by atoms with Crippen LogP contribution in [0.3, 0.4) is 0 Å². The molecule has 0 aliphatic heterocycles. The molecule has 1 aromatic carbocycles. The summed E-state index contributed by atoms with van der Waals surface area (Å²) >= 11 is 1.05. The van der Waals surface area contributed by atoms with Gasteiger partial charge < -0.3 is 10.4 Å². The van der Waals surface area contributed by atoms with Crippen molar-refractivity contribution in [3.05, 3.63) is 53.4 Å². The summed E-state index contributed by atoms with van der Waals surface area (Å²) in [7, 11) is -3.77. The van der Waals surface area contributed by atoms with Gasteiger partial charge in [-0.2, -0.15) is 4.72 Å². The number of hydrogen-bond donors (Lipinski definition) is 3. The molecule has 2 atom stereocenters. The first-order valence-electron chi connectivity index (χ1n) is 7.90. The molecule has 0 fully saturated rings. The Morgan fingerprint density at radius 1 is 1.15 bits per heavy atom. The monoisotopic (exact) mass is 396 g/mol. The predicted molar refractivity (Wildman–Crippen MR) is 98.4 cm³/mol. The van der Waals surface area contributed by atoms with Crippen molar-refractivity contribution in [2.24, 2.45) is 5.92 Å². The lowest BCUT2D eigenvalue weighted by molar-refractivity contribution is -0.141. The lowest BCUT2D eigenvalue weighted by Crippen LogP contribution is -2.46. The molecule has 0 spiro atoms. The van der Waals surface area contributed by atoms with Gasteiger partial charge in [0, 0.05) is 6.54 Å². The molecule has 1 heterocycles. The van der Waals surface area contributed by atoms with Crippen molar-refractivity contribution >= 4 is 33.2 Å². The molecule has 0 bridgehead atoms. The highest BCUT2D eigenvalue weighted by atomic mass is 32.2. The number of rotatable bonds is 9. The van der Waals surface area contributed by atoms with Crippen molar-refractivity contribution in [1.29, 1.82) is 0 Å². The molecule has 7 nitrogen and oxygen atoms in total. The van der Waals surface area contributed by atoms with Gasteiger partial charge in [0.05, 0.1) is 12.0 Å². The summed E-state index contributed by atoms with van der Waals surface area (Å²) in [6.45, 7) is 1.32. The van der Waals surface area contributed by atoms with E-state index < -0.39 is 33.9 Å². The van der Waals surface area contributed by atoms with Gasteiger partial charge in [-0.25, -0.2) is 8.42 Å². The molecule has 2 unspecified atom stereocenters. The minimum atomic E-state index is -3.77. The van der Waals surface area contributed by atoms with E-state index in [0.29, 0.717) is 0 Å². The highest BCUT2D eigenvalue weighted by Crippen LogP contribution is 2.15. The normalized spacial score (nSPS) is 13.7. The van der Waals surface area contributed by atoms with Crippen molar-refractivity contribution in [3.8, 4) is 0 Å². The number of carboxylic acids is 1. The smallest absolute Gasteiger partial charge is 0.308 e. The number of carboxylic acid groups (broad SMARTS) is 1. The van der Waals surface area contributed by atoms with Gasteiger partial charge in [0.15, 0.2) is 0 Å². The first-order chi connectivity index (χ1) is 12.3. The molecule has 26 heavy (non-hydrogen) atoms. The Bertz CT molecular complexity index is 835. The van der Waals surface area contributed by atoms with Gasteiger partial charge in [-0.1, -0.05) is 36.4 Å². The number of hydrogen-bond acceptors (Lipinski definition) is 5. The van der Waals surface area contributed by atoms with Crippen LogP contribution in [0.1, 0.15) is 12.5 Å². The van der Waals surface area contributed by atoms with Gasteiger partial charge in [0.1, 0.15) is 4.21 Å². The van der Waals surface area contributed by atoms with Crippen LogP contribution in [0.2, 0.25) is 0 Å². The van der Waals surface area contributed by atoms with Crippen LogP contribution < -0.4 is 10.0 Å². The van der Waals surface area contributed by atoms with Crippen molar-refractivity contribution in [2.45, 2.75) is 23.6 Å². The maximum Gasteiger partial charge on any atom is 0.308 e. The topological polar surface area (TPSA) is 113 Å². The zero-order valence-electron chi connectivity index (χ0n) is 14.1. The number of sulfonamides is 1. The zero-order valence-corrected chi connectivity index (χ0v) is 15.7. The van der Waals surface area contributed by atoms with Crippen molar-refractivity contribution < 1.29 is 23.1 Å². The molecule has 0 saturated heterocycles. The van der Waals surface area contributed by atoms with Crippen LogP contribution in [0, 0.1) is 5.92 Å². The standard InChI is InChI=1S/C17H20N2O5S2/c1-12(19-26(23,24)15-8-5-9-25-15)16(20)18-11-14(17(21)22)10-13-6-3-2-4-7-13/h2-9,12,14,19H,10-11H2,1H3,(H,18,20)(H,21,22). The van der Waals surface area contributed by atoms with E-state index in [2.05, 4.69) is 10.0 Å². The fourth-order valence-electron chi connectivity index (χ4n) is 2.28. The number of nitrogens with one attached hydrogen (secondary N) is 2. The van der Waals surface area contributed by atoms with Crippen LogP contribution in [0.25, 0.3) is 0 Å². The first-order valence-corrected chi connectivity index (χ1v) is 10.3. The van der Waals surface area contributed by atoms with Gasteiger partial charge in [-0.05, 0) is 30.4 Å². The molecule has 0 aliphatic carbocycles. The summed E-state index contributed by atoms with van der Waals surface area (Å²) in [5.41, 5.74) is 0.848. The summed E-state index contributed by atoms with van der Waals surface area (Å²) in [4.78, 5) is 23.6. The number of thiophene rings is 1. The second-order valence-corrected chi connectivity index (χ2v) is 8.63. The molecule has 0 saturated carbocycles. The Balaban J connectivity index is 1.92. The SMILES string of the molecule is CC(NS(=O)(=O)c1cccs1)C(=O)NCC(Cc1ccccc1)C(=O)O. The number of amides is 1. The summed E-state index contributed by atoms with van der Waals surface area (Å²) < 4.78 is 26.6. The maximum atomic E-state index is 12.1. The summed E-state index contributed by atoms with van der Waals surface area (Å²) in [5.74, 6) is -2.41. The fourth-order valence-corrected chi connectivity index (χ4v) is 4.50. The summed E-state index contributed by atoms with van der Waals surface area (Å²) in [6, 6.07) is 11.1. The Morgan fingerprint density at radius 2 is 1.85 bits per heavy atom. The van der Waals surface area contributed by atoms with Crippen LogP contribution in [0.5, 0.6) is 0 Å². The molecule has 140 valence electrons. The van der Waals surface area contributed by atoms with E-state index in [1.165, 1.54) is 13.0 Å². The average Bonchev–Trinajstić information content (AvgIpc) is 3.14. The molecule has 0 radical (unpaired) electrons. The third kappa shape index (κ3) is 5.65. The molecule has 1 amide bonds. The third-order valence-corrected chi connectivity index (χ3v) is 6.62. The molecule has 2 rings (SSSR count). The van der Waals surface area contributed by atoms with Crippen LogP contribution in [0.4, 0.5) is 0 Å². The number of carbonyl (C=O) groups is 2. The number of benzene rings is 1. The molecular formula is C17H20N2O5S2. The molecule has 1 aromatic heterocycles. The van der Waals surface area contributed by atoms with E-state index in [1.54, 1.807) is 11.4 Å². The van der Waals surface area contributed by atoms with Gasteiger partial charge in [0.25, 0.3) is 10.0 Å². The second-order valence-electron chi connectivity index (χ2n) is 5.75. The Kier molecular flexibility index (Phi) is 6.90. The quantitative estimate of drug-likeness (QED) is 0.594. The Morgan fingerprint density at radius 3 is 2.42 bits per heavy atom. The van der Waals surface area contributed by atoms with E-state index in [0.717, 1.165) is 16.9 Å². The molecule has 9 heteroatoms. The van der Waals surface area contributed by atoms with Crippen LogP contribution >= 0.6 is 11.3 Å². The highest BCUT2D eigenvalue weighted by Gasteiger charge is 2.24. The second kappa shape index (κ2) is 8.93. The van der Waals surface area contributed by atoms with Crippen LogP contribution in [-0.2, 0) is 26.0 Å². The third-order valence-electron chi connectivity index (χ3n) is 3.68. The largest absolute Gasteiger partial charge is 0.481 e. The van der Waals surface area contributed by atoms with Gasteiger partial charge >= 0.3 is 5.97 Å². The summed E-state index contributed by atoms with van der Waals surface area (Å²) in [6.07, 6.45) is 0.270. The fraction of sp³-hybridized carbons (Fsp3) is 0.294. The summed E-state index contributed by atoms with van der Waals surface area (Å²) in [5, 5.41) is 13.5. The molecule has 0 aliphatic rings. The van der Waals surface area contributed by atoms with Crippen LogP contribution in [0.15, 0.2) is 52.1 Å². The maximum absolute atomic E-state index is 12.1. The minimum absolute atomic E-state index is 0.0892. The Hall–Kier alpha value is -2.23. The van der Waals surface area contributed by atoms with E-state index in [1.807, 2.05) is 30.3 Å². The lowest BCUT2D eigenvalue weighted by Gasteiger charge is -2.17. The molecular weight excluding hydrogens is 376 g/mol. The number of aliphatic carboxylic acids is 1. The zero-order chi connectivity index (χ0) is 19.2. The van der Waals surface area contributed by atoms with Gasteiger partial charge in [-0.3, -0.25) is 9.59 Å². The van der Waals surface area contributed by atoms with E-state index in [-0.39, 0.29) is 17.2 Å². The lowest BCUT2D eigenvalue weighted by atomic mass is 9.99. The molecule has 3 N–H and O–H groups in total. The van der Waals surface area contributed by atoms with E-state index in [4.69, 9.17) is 0 Å². The van der Waals surface area contributed by atoms with Crippen molar-refractivity contribution in [1.82, 2.24) is 10.0 Å². The minimum Gasteiger partial charge on any atom is -0.481 e. The van der Waals surface area contributed by atoms with E-state index in [9.17, 15) is 23.1 Å². The highest BCUT2D eigenvalue weighted by molar-refractivity contribution is 7.91. The Labute approximate surface area is 156 Å².